The molecule has 7 heteroatoms. The minimum Gasteiger partial charge on any atom is -0.481 e. The number of nitrogens with zero attached hydrogens (tertiary/aromatic N) is 1. The Kier molecular flexibility index (Phi) is 5.11. The van der Waals surface area contributed by atoms with Gasteiger partial charge in [0, 0.05) is 18.0 Å². The van der Waals surface area contributed by atoms with Crippen LogP contribution in [0.2, 0.25) is 4.34 Å². The Bertz CT molecular complexity index is 534. The Morgan fingerprint density at radius 2 is 2.29 bits per heavy atom. The maximum atomic E-state index is 12.2. The molecule has 2 heterocycles. The van der Waals surface area contributed by atoms with Crippen LogP contribution >= 0.6 is 22.9 Å². The third-order valence-corrected chi connectivity index (χ3v) is 5.27. The van der Waals surface area contributed by atoms with Gasteiger partial charge in [0.2, 0.25) is 0 Å². The minimum atomic E-state index is -0.812. The molecule has 1 aliphatic rings. The Hall–Kier alpha value is -1.27. The van der Waals surface area contributed by atoms with Gasteiger partial charge in [0.25, 0.3) is 0 Å². The number of piperidine rings is 1. The first-order valence-electron chi connectivity index (χ1n) is 6.97. The quantitative estimate of drug-likeness (QED) is 0.890. The Labute approximate surface area is 132 Å². The number of hydrogen-bond acceptors (Lipinski definition) is 3. The number of hydrogen-bond donors (Lipinski definition) is 2. The molecular weight excluding hydrogens is 312 g/mol. The number of nitrogens with one attached hydrogen (secondary N) is 1. The topological polar surface area (TPSA) is 69.6 Å². The molecule has 2 rings (SSSR count). The first kappa shape index (κ1) is 16.1. The monoisotopic (exact) mass is 330 g/mol. The van der Waals surface area contributed by atoms with E-state index in [9.17, 15) is 14.7 Å². The van der Waals surface area contributed by atoms with E-state index in [1.165, 1.54) is 11.3 Å². The number of rotatable bonds is 4. The van der Waals surface area contributed by atoms with Gasteiger partial charge in [0.05, 0.1) is 16.3 Å². The van der Waals surface area contributed by atoms with Gasteiger partial charge in [-0.2, -0.15) is 0 Å². The zero-order valence-corrected chi connectivity index (χ0v) is 13.5. The first-order chi connectivity index (χ1) is 9.97. The predicted octanol–water partition coefficient (Wildman–Crippen LogP) is 3.19. The van der Waals surface area contributed by atoms with Gasteiger partial charge in [-0.05, 0) is 31.4 Å². The third kappa shape index (κ3) is 3.68. The van der Waals surface area contributed by atoms with Crippen molar-refractivity contribution < 1.29 is 14.7 Å². The van der Waals surface area contributed by atoms with Crippen molar-refractivity contribution in [2.24, 2.45) is 5.41 Å². The average molecular weight is 331 g/mol. The van der Waals surface area contributed by atoms with Crippen LogP contribution in [-0.2, 0) is 11.3 Å². The molecule has 1 aromatic heterocycles. The molecule has 2 amide bonds. The highest BCUT2D eigenvalue weighted by molar-refractivity contribution is 7.16. The molecule has 1 fully saturated rings. The molecule has 0 aliphatic carbocycles. The fourth-order valence-corrected chi connectivity index (χ4v) is 3.67. The average Bonchev–Trinajstić information content (AvgIpc) is 2.90. The van der Waals surface area contributed by atoms with Crippen LogP contribution in [0.15, 0.2) is 12.1 Å². The van der Waals surface area contributed by atoms with Gasteiger partial charge in [-0.25, -0.2) is 4.79 Å². The van der Waals surface area contributed by atoms with Crippen molar-refractivity contribution in [3.05, 3.63) is 21.3 Å². The zero-order chi connectivity index (χ0) is 15.5. The van der Waals surface area contributed by atoms with Gasteiger partial charge in [-0.1, -0.05) is 18.5 Å². The molecular formula is C14H19ClN2O3S. The second-order valence-corrected chi connectivity index (χ2v) is 7.13. The molecule has 1 unspecified atom stereocenters. The molecule has 1 aromatic rings. The van der Waals surface area contributed by atoms with Crippen molar-refractivity contribution in [2.45, 2.75) is 32.7 Å². The van der Waals surface area contributed by atoms with Crippen LogP contribution in [0.3, 0.4) is 0 Å². The first-order valence-corrected chi connectivity index (χ1v) is 8.17. The number of amides is 2. The highest BCUT2D eigenvalue weighted by Gasteiger charge is 2.42. The third-order valence-electron chi connectivity index (χ3n) is 4.04. The van der Waals surface area contributed by atoms with E-state index in [0.717, 1.165) is 11.3 Å². The summed E-state index contributed by atoms with van der Waals surface area (Å²) in [4.78, 5) is 26.3. The molecule has 5 nitrogen and oxygen atoms in total. The number of likely N-dealkylation sites (tertiary alicyclic amines) is 1. The van der Waals surface area contributed by atoms with Gasteiger partial charge >= 0.3 is 12.0 Å². The summed E-state index contributed by atoms with van der Waals surface area (Å²) in [7, 11) is 0. The molecule has 0 radical (unpaired) electrons. The zero-order valence-electron chi connectivity index (χ0n) is 11.9. The van der Waals surface area contributed by atoms with Crippen molar-refractivity contribution in [1.82, 2.24) is 10.2 Å². The molecule has 1 aliphatic heterocycles. The van der Waals surface area contributed by atoms with E-state index in [0.29, 0.717) is 30.3 Å². The largest absolute Gasteiger partial charge is 0.481 e. The maximum absolute atomic E-state index is 12.2. The van der Waals surface area contributed by atoms with E-state index in [1.54, 1.807) is 11.0 Å². The maximum Gasteiger partial charge on any atom is 0.317 e. The fraction of sp³-hybridized carbons (Fsp3) is 0.571. The summed E-state index contributed by atoms with van der Waals surface area (Å²) >= 11 is 7.27. The fourth-order valence-electron chi connectivity index (χ4n) is 2.64. The predicted molar refractivity (Wildman–Crippen MR) is 82.7 cm³/mol. The molecule has 1 atom stereocenters. The molecule has 1 saturated heterocycles. The van der Waals surface area contributed by atoms with Crippen molar-refractivity contribution in [1.29, 1.82) is 0 Å². The van der Waals surface area contributed by atoms with E-state index in [2.05, 4.69) is 5.32 Å². The summed E-state index contributed by atoms with van der Waals surface area (Å²) in [6.45, 7) is 3.16. The van der Waals surface area contributed by atoms with Gasteiger partial charge in [0.15, 0.2) is 0 Å². The van der Waals surface area contributed by atoms with Crippen LogP contribution in [-0.4, -0.2) is 35.1 Å². The van der Waals surface area contributed by atoms with Crippen LogP contribution in [0.4, 0.5) is 4.79 Å². The smallest absolute Gasteiger partial charge is 0.317 e. The van der Waals surface area contributed by atoms with Gasteiger partial charge in [-0.15, -0.1) is 11.3 Å². The van der Waals surface area contributed by atoms with Gasteiger partial charge in [-0.3, -0.25) is 4.79 Å². The molecule has 116 valence electrons. The molecule has 0 bridgehead atoms. The van der Waals surface area contributed by atoms with Crippen molar-refractivity contribution in [3.8, 4) is 0 Å². The molecule has 2 N–H and O–H groups in total. The minimum absolute atomic E-state index is 0.210. The molecule has 21 heavy (non-hydrogen) atoms. The lowest BCUT2D eigenvalue weighted by Gasteiger charge is -2.39. The number of carboxylic acid groups (broad SMARTS) is 1. The van der Waals surface area contributed by atoms with Crippen molar-refractivity contribution in [2.75, 3.05) is 13.1 Å². The highest BCUT2D eigenvalue weighted by atomic mass is 35.5. The summed E-state index contributed by atoms with van der Waals surface area (Å²) in [6, 6.07) is 3.45. The van der Waals surface area contributed by atoms with Gasteiger partial charge < -0.3 is 15.3 Å². The lowest BCUT2D eigenvalue weighted by atomic mass is 9.78. The molecule has 0 aromatic carbocycles. The number of thiophene rings is 1. The van der Waals surface area contributed by atoms with Crippen LogP contribution in [0.5, 0.6) is 0 Å². The highest BCUT2D eigenvalue weighted by Crippen LogP contribution is 2.33. The number of carboxylic acids is 1. The summed E-state index contributed by atoms with van der Waals surface area (Å²) in [5.41, 5.74) is -0.804. The Balaban J connectivity index is 1.94. The number of halogens is 1. The van der Waals surface area contributed by atoms with E-state index in [1.807, 2.05) is 13.0 Å². The van der Waals surface area contributed by atoms with E-state index in [4.69, 9.17) is 11.6 Å². The second-order valence-electron chi connectivity index (χ2n) is 5.33. The van der Waals surface area contributed by atoms with Crippen LogP contribution < -0.4 is 5.32 Å². The van der Waals surface area contributed by atoms with Crippen molar-refractivity contribution >= 4 is 34.9 Å². The Morgan fingerprint density at radius 3 is 2.86 bits per heavy atom. The summed E-state index contributed by atoms with van der Waals surface area (Å²) in [5.74, 6) is -0.812. The summed E-state index contributed by atoms with van der Waals surface area (Å²) < 4.78 is 0.688. The van der Waals surface area contributed by atoms with E-state index >= 15 is 0 Å². The second kappa shape index (κ2) is 6.66. The van der Waals surface area contributed by atoms with E-state index in [-0.39, 0.29) is 12.6 Å². The lowest BCUT2D eigenvalue weighted by Crippen LogP contribution is -2.52. The lowest BCUT2D eigenvalue weighted by molar-refractivity contribution is -0.152. The molecule has 0 spiro atoms. The summed E-state index contributed by atoms with van der Waals surface area (Å²) in [6.07, 6.45) is 1.88. The van der Waals surface area contributed by atoms with Gasteiger partial charge in [0.1, 0.15) is 0 Å². The number of carbonyl (C=O) groups excluding carboxylic acids is 1. The normalized spacial score (nSPS) is 22.1. The standard InChI is InChI=1S/C14H19ClN2O3S/c1-2-14(12(18)19)6-3-7-17(9-14)13(20)16-8-10-4-5-11(15)21-10/h4-5H,2-3,6-9H2,1H3,(H,16,20)(H,18,19). The van der Waals surface area contributed by atoms with Crippen LogP contribution in [0, 0.1) is 5.41 Å². The van der Waals surface area contributed by atoms with Crippen LogP contribution in [0.1, 0.15) is 31.1 Å². The summed E-state index contributed by atoms with van der Waals surface area (Å²) in [5, 5.41) is 12.3. The number of carbonyl (C=O) groups is 2. The number of urea groups is 1. The van der Waals surface area contributed by atoms with Crippen molar-refractivity contribution in [3.63, 3.8) is 0 Å². The van der Waals surface area contributed by atoms with Crippen LogP contribution in [0.25, 0.3) is 0 Å². The van der Waals surface area contributed by atoms with E-state index < -0.39 is 11.4 Å². The molecule has 0 saturated carbocycles. The number of aliphatic carboxylic acids is 1. The SMILES string of the molecule is CCC1(C(=O)O)CCCN(C(=O)NCc2ccc(Cl)s2)C1. The Morgan fingerprint density at radius 1 is 1.52 bits per heavy atom.